The predicted molar refractivity (Wildman–Crippen MR) is 75.6 cm³/mol. The Morgan fingerprint density at radius 1 is 1.17 bits per heavy atom. The third-order valence-corrected chi connectivity index (χ3v) is 2.80. The average Bonchev–Trinajstić information content (AvgIpc) is 2.42. The lowest BCUT2D eigenvalue weighted by atomic mass is 10.1. The predicted octanol–water partition coefficient (Wildman–Crippen LogP) is 3.50. The van der Waals surface area contributed by atoms with Crippen LogP contribution < -0.4 is 5.43 Å². The number of hydrogen-bond donors (Lipinski definition) is 1. The second kappa shape index (κ2) is 8.45. The van der Waals surface area contributed by atoms with E-state index in [1.807, 2.05) is 37.3 Å². The van der Waals surface area contributed by atoms with Gasteiger partial charge in [0.1, 0.15) is 0 Å². The monoisotopic (exact) mass is 246 g/mol. The van der Waals surface area contributed by atoms with Gasteiger partial charge in [0, 0.05) is 6.42 Å². The van der Waals surface area contributed by atoms with E-state index >= 15 is 0 Å². The summed E-state index contributed by atoms with van der Waals surface area (Å²) >= 11 is 0. The van der Waals surface area contributed by atoms with Crippen LogP contribution >= 0.6 is 0 Å². The van der Waals surface area contributed by atoms with Crippen molar-refractivity contribution in [2.24, 2.45) is 5.10 Å². The van der Waals surface area contributed by atoms with Gasteiger partial charge in [-0.1, -0.05) is 56.5 Å². The first-order chi connectivity index (χ1) is 8.74. The summed E-state index contributed by atoms with van der Waals surface area (Å²) in [4.78, 5) is 11.5. The van der Waals surface area contributed by atoms with Gasteiger partial charge < -0.3 is 0 Å². The Kier molecular flexibility index (Phi) is 6.77. The minimum atomic E-state index is 0.00128. The van der Waals surface area contributed by atoms with Crippen LogP contribution in [0.5, 0.6) is 0 Å². The SMILES string of the molecule is CCCCCCC(=O)N/N=C(\C)c1ccccc1. The van der Waals surface area contributed by atoms with Gasteiger partial charge in [-0.3, -0.25) is 4.79 Å². The molecular weight excluding hydrogens is 224 g/mol. The molecule has 1 rings (SSSR count). The molecule has 1 aromatic carbocycles. The molecule has 0 saturated heterocycles. The lowest BCUT2D eigenvalue weighted by molar-refractivity contribution is -0.121. The number of carbonyl (C=O) groups excluding carboxylic acids is 1. The van der Waals surface area contributed by atoms with Crippen molar-refractivity contribution in [1.82, 2.24) is 5.43 Å². The molecule has 1 aromatic rings. The number of nitrogens with one attached hydrogen (secondary N) is 1. The molecule has 0 aromatic heterocycles. The number of unbranched alkanes of at least 4 members (excludes halogenated alkanes) is 3. The molecule has 0 unspecified atom stereocenters. The third kappa shape index (κ3) is 5.62. The van der Waals surface area contributed by atoms with Gasteiger partial charge in [-0.15, -0.1) is 0 Å². The summed E-state index contributed by atoms with van der Waals surface area (Å²) < 4.78 is 0. The second-order valence-electron chi connectivity index (χ2n) is 4.41. The Bertz CT molecular complexity index is 385. The Hall–Kier alpha value is -1.64. The topological polar surface area (TPSA) is 41.5 Å². The van der Waals surface area contributed by atoms with Crippen LogP contribution in [0, 0.1) is 0 Å². The number of hydrazone groups is 1. The fourth-order valence-electron chi connectivity index (χ4n) is 1.66. The largest absolute Gasteiger partial charge is 0.273 e. The minimum Gasteiger partial charge on any atom is -0.273 e. The summed E-state index contributed by atoms with van der Waals surface area (Å²) in [6, 6.07) is 9.84. The molecule has 1 N–H and O–H groups in total. The number of rotatable bonds is 7. The zero-order valence-corrected chi connectivity index (χ0v) is 11.3. The molecule has 3 nitrogen and oxygen atoms in total. The maximum Gasteiger partial charge on any atom is 0.240 e. The van der Waals surface area contributed by atoms with Gasteiger partial charge in [0.2, 0.25) is 5.91 Å². The average molecular weight is 246 g/mol. The van der Waals surface area contributed by atoms with E-state index < -0.39 is 0 Å². The normalized spacial score (nSPS) is 11.3. The van der Waals surface area contributed by atoms with Crippen LogP contribution in [0.1, 0.15) is 51.5 Å². The molecule has 0 aliphatic heterocycles. The first-order valence-electron chi connectivity index (χ1n) is 6.62. The molecule has 0 bridgehead atoms. The number of carbonyl (C=O) groups is 1. The quantitative estimate of drug-likeness (QED) is 0.446. The summed E-state index contributed by atoms with van der Waals surface area (Å²) in [5.41, 5.74) is 4.47. The van der Waals surface area contributed by atoms with Crippen LogP contribution in [0.2, 0.25) is 0 Å². The fraction of sp³-hybridized carbons (Fsp3) is 0.467. The highest BCUT2D eigenvalue weighted by Crippen LogP contribution is 2.03. The van der Waals surface area contributed by atoms with Crippen LogP contribution in [0.3, 0.4) is 0 Å². The maximum atomic E-state index is 11.5. The van der Waals surface area contributed by atoms with E-state index in [1.54, 1.807) is 0 Å². The van der Waals surface area contributed by atoms with Crippen molar-refractivity contribution in [2.45, 2.75) is 46.0 Å². The van der Waals surface area contributed by atoms with Crippen molar-refractivity contribution in [3.05, 3.63) is 35.9 Å². The molecule has 0 saturated carbocycles. The van der Waals surface area contributed by atoms with Crippen molar-refractivity contribution in [1.29, 1.82) is 0 Å². The van der Waals surface area contributed by atoms with Crippen molar-refractivity contribution in [3.8, 4) is 0 Å². The van der Waals surface area contributed by atoms with Crippen molar-refractivity contribution >= 4 is 11.6 Å². The summed E-state index contributed by atoms with van der Waals surface area (Å²) in [6.07, 6.45) is 5.00. The number of benzene rings is 1. The molecule has 0 aliphatic rings. The highest BCUT2D eigenvalue weighted by molar-refractivity contribution is 5.99. The van der Waals surface area contributed by atoms with Crippen LogP contribution in [0.25, 0.3) is 0 Å². The van der Waals surface area contributed by atoms with E-state index in [1.165, 1.54) is 12.8 Å². The molecular formula is C15H22N2O. The van der Waals surface area contributed by atoms with Crippen molar-refractivity contribution in [3.63, 3.8) is 0 Å². The summed E-state index contributed by atoms with van der Waals surface area (Å²) in [6.45, 7) is 4.06. The smallest absolute Gasteiger partial charge is 0.240 e. The molecule has 0 radical (unpaired) electrons. The number of hydrogen-bond acceptors (Lipinski definition) is 2. The Labute approximate surface area is 109 Å². The van der Waals surface area contributed by atoms with E-state index in [0.717, 1.165) is 24.1 Å². The highest BCUT2D eigenvalue weighted by Gasteiger charge is 2.00. The second-order valence-corrected chi connectivity index (χ2v) is 4.41. The minimum absolute atomic E-state index is 0.00128. The van der Waals surface area contributed by atoms with Gasteiger partial charge in [-0.25, -0.2) is 5.43 Å². The first-order valence-corrected chi connectivity index (χ1v) is 6.62. The Morgan fingerprint density at radius 3 is 2.56 bits per heavy atom. The molecule has 1 amide bonds. The van der Waals surface area contributed by atoms with E-state index in [9.17, 15) is 4.79 Å². The molecule has 0 spiro atoms. The van der Waals surface area contributed by atoms with E-state index in [0.29, 0.717) is 6.42 Å². The highest BCUT2D eigenvalue weighted by atomic mass is 16.2. The van der Waals surface area contributed by atoms with E-state index in [-0.39, 0.29) is 5.91 Å². The van der Waals surface area contributed by atoms with Crippen molar-refractivity contribution in [2.75, 3.05) is 0 Å². The molecule has 3 heteroatoms. The first kappa shape index (κ1) is 14.4. The fourth-order valence-corrected chi connectivity index (χ4v) is 1.66. The van der Waals surface area contributed by atoms with E-state index in [4.69, 9.17) is 0 Å². The van der Waals surface area contributed by atoms with Gasteiger partial charge in [0.25, 0.3) is 0 Å². The van der Waals surface area contributed by atoms with Crippen LogP contribution in [0.4, 0.5) is 0 Å². The van der Waals surface area contributed by atoms with Crippen molar-refractivity contribution < 1.29 is 4.79 Å². The lowest BCUT2D eigenvalue weighted by Crippen LogP contribution is -2.18. The summed E-state index contributed by atoms with van der Waals surface area (Å²) in [5.74, 6) is 0.00128. The zero-order valence-electron chi connectivity index (χ0n) is 11.3. The van der Waals surface area contributed by atoms with Gasteiger partial charge >= 0.3 is 0 Å². The van der Waals surface area contributed by atoms with Gasteiger partial charge in [-0.05, 0) is 18.9 Å². The lowest BCUT2D eigenvalue weighted by Gasteiger charge is -2.02. The maximum absolute atomic E-state index is 11.5. The molecule has 18 heavy (non-hydrogen) atoms. The standard InChI is InChI=1S/C15H22N2O/c1-3-4-5-9-12-15(18)17-16-13(2)14-10-7-6-8-11-14/h6-8,10-11H,3-5,9,12H2,1-2H3,(H,17,18)/b16-13+. The number of nitrogens with zero attached hydrogens (tertiary/aromatic N) is 1. The number of amides is 1. The Balaban J connectivity index is 2.32. The summed E-state index contributed by atoms with van der Waals surface area (Å²) in [5, 5.41) is 4.11. The molecule has 0 atom stereocenters. The van der Waals surface area contributed by atoms with Crippen LogP contribution in [-0.2, 0) is 4.79 Å². The van der Waals surface area contributed by atoms with Gasteiger partial charge in [0.05, 0.1) is 5.71 Å². The molecule has 0 aliphatic carbocycles. The van der Waals surface area contributed by atoms with Gasteiger partial charge in [0.15, 0.2) is 0 Å². The Morgan fingerprint density at radius 2 is 1.89 bits per heavy atom. The van der Waals surface area contributed by atoms with Gasteiger partial charge in [-0.2, -0.15) is 5.10 Å². The molecule has 98 valence electrons. The summed E-state index contributed by atoms with van der Waals surface area (Å²) in [7, 11) is 0. The van der Waals surface area contributed by atoms with E-state index in [2.05, 4.69) is 17.5 Å². The molecule has 0 fully saturated rings. The van der Waals surface area contributed by atoms with Crippen LogP contribution in [-0.4, -0.2) is 11.6 Å². The molecule has 0 heterocycles. The third-order valence-electron chi connectivity index (χ3n) is 2.80. The van der Waals surface area contributed by atoms with Crippen LogP contribution in [0.15, 0.2) is 35.4 Å². The zero-order chi connectivity index (χ0) is 13.2.